The summed E-state index contributed by atoms with van der Waals surface area (Å²) >= 11 is 0. The molecule has 0 fully saturated rings. The second-order valence-electron chi connectivity index (χ2n) is 4.78. The molecule has 3 N–H and O–H groups in total. The van der Waals surface area contributed by atoms with Crippen molar-refractivity contribution in [1.82, 2.24) is 20.1 Å². The quantitative estimate of drug-likeness (QED) is 0.761. The highest BCUT2D eigenvalue weighted by Gasteiger charge is 2.11. The molecule has 0 bridgehead atoms. The molecule has 0 spiro atoms. The number of para-hydroxylation sites is 1. The van der Waals surface area contributed by atoms with Crippen LogP contribution in [-0.4, -0.2) is 20.7 Å². The molecule has 0 saturated heterocycles. The predicted molar refractivity (Wildman–Crippen MR) is 80.5 cm³/mol. The summed E-state index contributed by atoms with van der Waals surface area (Å²) in [4.78, 5) is 16.5. The van der Waals surface area contributed by atoms with Crippen LogP contribution >= 0.6 is 0 Å². The number of nitrogen functional groups attached to an aromatic ring is 1. The molecule has 21 heavy (non-hydrogen) atoms. The van der Waals surface area contributed by atoms with E-state index in [1.807, 2.05) is 43.6 Å². The third kappa shape index (κ3) is 2.69. The largest absolute Gasteiger partial charge is 0.398 e. The Morgan fingerprint density at radius 3 is 2.90 bits per heavy atom. The fourth-order valence-electron chi connectivity index (χ4n) is 2.14. The molecule has 1 amide bonds. The number of hydrogen-bond acceptors (Lipinski definition) is 4. The van der Waals surface area contributed by atoms with Gasteiger partial charge in [-0.1, -0.05) is 18.2 Å². The molecular formula is C15H15N5O. The van der Waals surface area contributed by atoms with Gasteiger partial charge in [-0.15, -0.1) is 0 Å². The zero-order valence-corrected chi connectivity index (χ0v) is 11.6. The number of benzene rings is 1. The first-order valence-corrected chi connectivity index (χ1v) is 6.55. The smallest absolute Gasteiger partial charge is 0.270 e. The van der Waals surface area contributed by atoms with E-state index >= 15 is 0 Å². The summed E-state index contributed by atoms with van der Waals surface area (Å²) in [6.07, 6.45) is 1.83. The third-order valence-corrected chi connectivity index (χ3v) is 3.18. The summed E-state index contributed by atoms with van der Waals surface area (Å²) in [5.41, 5.74) is 8.32. The number of rotatable bonds is 3. The highest BCUT2D eigenvalue weighted by molar-refractivity contribution is 5.99. The lowest BCUT2D eigenvalue weighted by Crippen LogP contribution is -2.24. The molecule has 0 radical (unpaired) electrons. The molecular weight excluding hydrogens is 266 g/mol. The van der Waals surface area contributed by atoms with Gasteiger partial charge in [0, 0.05) is 24.3 Å². The maximum absolute atomic E-state index is 12.2. The second-order valence-corrected chi connectivity index (χ2v) is 4.78. The second kappa shape index (κ2) is 5.24. The van der Waals surface area contributed by atoms with Gasteiger partial charge >= 0.3 is 0 Å². The highest BCUT2D eigenvalue weighted by atomic mass is 16.1. The van der Waals surface area contributed by atoms with Crippen LogP contribution in [0.5, 0.6) is 0 Å². The molecule has 0 saturated carbocycles. The van der Waals surface area contributed by atoms with E-state index in [1.165, 1.54) is 0 Å². The Bertz CT molecular complexity index is 809. The van der Waals surface area contributed by atoms with Gasteiger partial charge in [-0.2, -0.15) is 5.10 Å². The van der Waals surface area contributed by atoms with Crippen molar-refractivity contribution in [2.45, 2.75) is 6.54 Å². The number of nitrogens with zero attached hydrogens (tertiary/aromatic N) is 3. The molecule has 6 nitrogen and oxygen atoms in total. The number of fused-ring (bicyclic) bond motifs is 1. The molecule has 106 valence electrons. The van der Waals surface area contributed by atoms with Gasteiger partial charge in [0.1, 0.15) is 5.69 Å². The Balaban J connectivity index is 1.81. The molecule has 0 aliphatic carbocycles. The van der Waals surface area contributed by atoms with E-state index in [9.17, 15) is 4.79 Å². The van der Waals surface area contributed by atoms with Crippen LogP contribution in [0.2, 0.25) is 0 Å². The lowest BCUT2D eigenvalue weighted by molar-refractivity contribution is 0.0946. The topological polar surface area (TPSA) is 85.8 Å². The van der Waals surface area contributed by atoms with Crippen LogP contribution in [0, 0.1) is 0 Å². The van der Waals surface area contributed by atoms with Crippen LogP contribution in [0.3, 0.4) is 0 Å². The minimum Gasteiger partial charge on any atom is -0.398 e. The Morgan fingerprint density at radius 1 is 1.33 bits per heavy atom. The summed E-state index contributed by atoms with van der Waals surface area (Å²) < 4.78 is 1.69. The van der Waals surface area contributed by atoms with Crippen molar-refractivity contribution >= 4 is 22.5 Å². The monoisotopic (exact) mass is 281 g/mol. The number of carbonyl (C=O) groups is 1. The first kappa shape index (κ1) is 13.1. The van der Waals surface area contributed by atoms with Gasteiger partial charge in [0.15, 0.2) is 0 Å². The van der Waals surface area contributed by atoms with E-state index in [-0.39, 0.29) is 5.91 Å². The molecule has 0 aliphatic heterocycles. The van der Waals surface area contributed by atoms with Gasteiger partial charge in [0.2, 0.25) is 0 Å². The zero-order valence-electron chi connectivity index (χ0n) is 11.6. The number of hydrogen-bond donors (Lipinski definition) is 2. The van der Waals surface area contributed by atoms with Crippen LogP contribution < -0.4 is 11.1 Å². The molecule has 0 aliphatic rings. The molecule has 3 rings (SSSR count). The Kier molecular flexibility index (Phi) is 3.27. The molecule has 0 unspecified atom stereocenters. The first-order chi connectivity index (χ1) is 10.1. The van der Waals surface area contributed by atoms with Gasteiger partial charge in [0.05, 0.1) is 17.8 Å². The molecule has 0 atom stereocenters. The van der Waals surface area contributed by atoms with E-state index in [4.69, 9.17) is 5.73 Å². The van der Waals surface area contributed by atoms with Crippen molar-refractivity contribution in [2.24, 2.45) is 7.05 Å². The van der Waals surface area contributed by atoms with Crippen molar-refractivity contribution in [1.29, 1.82) is 0 Å². The molecule has 2 aromatic heterocycles. The maximum atomic E-state index is 12.2. The van der Waals surface area contributed by atoms with Gasteiger partial charge in [-0.3, -0.25) is 9.48 Å². The summed E-state index contributed by atoms with van der Waals surface area (Å²) in [5, 5.41) is 7.83. The summed E-state index contributed by atoms with van der Waals surface area (Å²) in [7, 11) is 1.83. The summed E-state index contributed by atoms with van der Waals surface area (Å²) in [5.74, 6) is -0.266. The van der Waals surface area contributed by atoms with Gasteiger partial charge in [-0.05, 0) is 18.2 Å². The fourth-order valence-corrected chi connectivity index (χ4v) is 2.14. The SMILES string of the molecule is Cn1ccc(CNC(=O)c2cc(N)c3ccccc3n2)n1. The van der Waals surface area contributed by atoms with Crippen LogP contribution in [0.4, 0.5) is 5.69 Å². The predicted octanol–water partition coefficient (Wildman–Crippen LogP) is 1.48. The van der Waals surface area contributed by atoms with Crippen LogP contribution in [0.1, 0.15) is 16.2 Å². The maximum Gasteiger partial charge on any atom is 0.270 e. The van der Waals surface area contributed by atoms with Crippen molar-refractivity contribution < 1.29 is 4.79 Å². The lowest BCUT2D eigenvalue weighted by atomic mass is 10.1. The van der Waals surface area contributed by atoms with Gasteiger partial charge in [0.25, 0.3) is 5.91 Å². The van der Waals surface area contributed by atoms with E-state index < -0.39 is 0 Å². The highest BCUT2D eigenvalue weighted by Crippen LogP contribution is 2.19. The fraction of sp³-hybridized carbons (Fsp3) is 0.133. The molecule has 2 heterocycles. The number of nitrogens with one attached hydrogen (secondary N) is 1. The number of nitrogens with two attached hydrogens (primary N) is 1. The Labute approximate surface area is 121 Å². The Morgan fingerprint density at radius 2 is 2.14 bits per heavy atom. The van der Waals surface area contributed by atoms with Crippen LogP contribution in [0.15, 0.2) is 42.6 Å². The van der Waals surface area contributed by atoms with Gasteiger partial charge in [-0.25, -0.2) is 4.98 Å². The summed E-state index contributed by atoms with van der Waals surface area (Å²) in [6.45, 7) is 0.355. The van der Waals surface area contributed by atoms with Crippen molar-refractivity contribution in [3.05, 3.63) is 54.0 Å². The molecule has 1 aromatic carbocycles. The molecule has 3 aromatic rings. The number of aromatic nitrogens is 3. The standard InChI is InChI=1S/C15H15N5O/c1-20-7-6-10(19-20)9-17-15(21)14-8-12(16)11-4-2-3-5-13(11)18-14/h2-8H,9H2,1H3,(H2,16,18)(H,17,21). The van der Waals surface area contributed by atoms with E-state index in [0.29, 0.717) is 23.4 Å². The molecule has 6 heteroatoms. The zero-order chi connectivity index (χ0) is 14.8. The van der Waals surface area contributed by atoms with Gasteiger partial charge < -0.3 is 11.1 Å². The first-order valence-electron chi connectivity index (χ1n) is 6.55. The number of amides is 1. The minimum absolute atomic E-state index is 0.266. The van der Waals surface area contributed by atoms with Crippen molar-refractivity contribution in [3.8, 4) is 0 Å². The van der Waals surface area contributed by atoms with Crippen molar-refractivity contribution in [3.63, 3.8) is 0 Å². The number of carbonyl (C=O) groups excluding carboxylic acids is 1. The number of aryl methyl sites for hydroxylation is 1. The number of anilines is 1. The average molecular weight is 281 g/mol. The normalized spacial score (nSPS) is 10.7. The Hall–Kier alpha value is -2.89. The van der Waals surface area contributed by atoms with Crippen LogP contribution in [-0.2, 0) is 13.6 Å². The van der Waals surface area contributed by atoms with E-state index in [0.717, 1.165) is 11.1 Å². The summed E-state index contributed by atoms with van der Waals surface area (Å²) in [6, 6.07) is 10.9. The average Bonchev–Trinajstić information content (AvgIpc) is 2.90. The van der Waals surface area contributed by atoms with Crippen LogP contribution in [0.25, 0.3) is 10.9 Å². The lowest BCUT2D eigenvalue weighted by Gasteiger charge is -2.06. The minimum atomic E-state index is -0.266. The van der Waals surface area contributed by atoms with E-state index in [2.05, 4.69) is 15.4 Å². The van der Waals surface area contributed by atoms with Crippen molar-refractivity contribution in [2.75, 3.05) is 5.73 Å². The number of pyridine rings is 1. The van der Waals surface area contributed by atoms with E-state index in [1.54, 1.807) is 10.7 Å². The third-order valence-electron chi connectivity index (χ3n) is 3.18.